The molecule has 1 aromatic carbocycles. The maximum Gasteiger partial charge on any atom is 0.341 e. The van der Waals surface area contributed by atoms with Gasteiger partial charge in [-0.3, -0.25) is 4.79 Å². The highest BCUT2D eigenvalue weighted by atomic mass is 16.5. The van der Waals surface area contributed by atoms with Crippen molar-refractivity contribution in [3.63, 3.8) is 0 Å². The van der Waals surface area contributed by atoms with E-state index in [1.54, 1.807) is 24.3 Å². The second-order valence-corrected chi connectivity index (χ2v) is 4.16. The number of carbonyl (C=O) groups is 2. The second kappa shape index (κ2) is 8.92. The van der Waals surface area contributed by atoms with Crippen molar-refractivity contribution in [2.45, 2.75) is 19.8 Å². The Morgan fingerprint density at radius 3 is 2.50 bits per heavy atom. The van der Waals surface area contributed by atoms with Gasteiger partial charge in [0.2, 0.25) is 5.91 Å². The van der Waals surface area contributed by atoms with Crippen LogP contribution in [0, 0.1) is 0 Å². The van der Waals surface area contributed by atoms with E-state index in [0.29, 0.717) is 18.0 Å². The zero-order chi connectivity index (χ0) is 14.8. The van der Waals surface area contributed by atoms with Gasteiger partial charge in [0.05, 0.1) is 0 Å². The van der Waals surface area contributed by atoms with Gasteiger partial charge in [0.15, 0.2) is 6.61 Å². The van der Waals surface area contributed by atoms with E-state index in [1.807, 2.05) is 0 Å². The van der Waals surface area contributed by atoms with Gasteiger partial charge < -0.3 is 19.9 Å². The van der Waals surface area contributed by atoms with E-state index in [0.717, 1.165) is 12.8 Å². The van der Waals surface area contributed by atoms with Crippen molar-refractivity contribution in [3.8, 4) is 5.75 Å². The highest BCUT2D eigenvalue weighted by Crippen LogP contribution is 2.15. The molecule has 0 aromatic heterocycles. The number of hydrogen-bond acceptors (Lipinski definition) is 4. The van der Waals surface area contributed by atoms with Crippen LogP contribution in [0.3, 0.4) is 0 Å². The molecule has 0 aliphatic heterocycles. The number of rotatable bonds is 9. The van der Waals surface area contributed by atoms with Crippen LogP contribution in [0.25, 0.3) is 0 Å². The number of benzene rings is 1. The summed E-state index contributed by atoms with van der Waals surface area (Å²) in [6.45, 7) is 2.26. The summed E-state index contributed by atoms with van der Waals surface area (Å²) in [6, 6.07) is 6.47. The lowest BCUT2D eigenvalue weighted by molar-refractivity contribution is -0.139. The largest absolute Gasteiger partial charge is 0.482 e. The number of ether oxygens (including phenoxy) is 2. The summed E-state index contributed by atoms with van der Waals surface area (Å²) >= 11 is 0. The van der Waals surface area contributed by atoms with Crippen molar-refractivity contribution in [1.82, 2.24) is 0 Å². The van der Waals surface area contributed by atoms with Gasteiger partial charge in [0, 0.05) is 12.3 Å². The molecule has 0 heterocycles. The Hall–Kier alpha value is -2.08. The van der Waals surface area contributed by atoms with Crippen LogP contribution >= 0.6 is 0 Å². The van der Waals surface area contributed by atoms with Crippen molar-refractivity contribution in [2.75, 3.05) is 25.1 Å². The SMILES string of the molecule is CCCCOCC(=O)Nc1ccc(OCC(=O)O)cc1. The minimum absolute atomic E-state index is 0.0251. The van der Waals surface area contributed by atoms with Gasteiger partial charge in [-0.05, 0) is 30.7 Å². The molecule has 0 aliphatic rings. The van der Waals surface area contributed by atoms with E-state index < -0.39 is 12.6 Å². The lowest BCUT2D eigenvalue weighted by Gasteiger charge is -2.07. The number of carbonyl (C=O) groups excluding carboxylic acids is 1. The third-order valence-corrected chi connectivity index (χ3v) is 2.38. The predicted octanol–water partition coefficient (Wildman–Crippen LogP) is 1.91. The van der Waals surface area contributed by atoms with Gasteiger partial charge in [-0.15, -0.1) is 0 Å². The van der Waals surface area contributed by atoms with E-state index in [9.17, 15) is 9.59 Å². The summed E-state index contributed by atoms with van der Waals surface area (Å²) in [7, 11) is 0. The van der Waals surface area contributed by atoms with E-state index in [4.69, 9.17) is 14.6 Å². The maximum atomic E-state index is 11.5. The zero-order valence-corrected chi connectivity index (χ0v) is 11.4. The molecular weight excluding hydrogens is 262 g/mol. The summed E-state index contributed by atoms with van der Waals surface area (Å²) in [5.41, 5.74) is 0.608. The van der Waals surface area contributed by atoms with Crippen molar-refractivity contribution >= 4 is 17.6 Å². The molecule has 1 rings (SSSR count). The monoisotopic (exact) mass is 281 g/mol. The number of aliphatic carboxylic acids is 1. The first kappa shape index (κ1) is 16.0. The van der Waals surface area contributed by atoms with Crippen molar-refractivity contribution in [2.24, 2.45) is 0 Å². The van der Waals surface area contributed by atoms with Gasteiger partial charge >= 0.3 is 5.97 Å². The molecule has 0 radical (unpaired) electrons. The molecule has 6 nitrogen and oxygen atoms in total. The van der Waals surface area contributed by atoms with Gasteiger partial charge in [-0.1, -0.05) is 13.3 Å². The molecule has 0 saturated carbocycles. The standard InChI is InChI=1S/C14H19NO5/c1-2-3-8-19-9-13(16)15-11-4-6-12(7-5-11)20-10-14(17)18/h4-7H,2-3,8-10H2,1H3,(H,15,16)(H,17,18). The Bertz CT molecular complexity index is 430. The van der Waals surface area contributed by atoms with Crippen molar-refractivity contribution in [1.29, 1.82) is 0 Å². The normalized spacial score (nSPS) is 10.1. The van der Waals surface area contributed by atoms with Crippen LogP contribution in [0.4, 0.5) is 5.69 Å². The summed E-state index contributed by atoms with van der Waals surface area (Å²) in [5.74, 6) is -0.823. The molecule has 0 bridgehead atoms. The van der Waals surface area contributed by atoms with E-state index in [-0.39, 0.29) is 12.5 Å². The molecule has 0 fully saturated rings. The molecule has 0 aliphatic carbocycles. The highest BCUT2D eigenvalue weighted by molar-refractivity contribution is 5.91. The average molecular weight is 281 g/mol. The fourth-order valence-corrected chi connectivity index (χ4v) is 1.39. The maximum absolute atomic E-state index is 11.5. The quantitative estimate of drug-likeness (QED) is 0.675. The summed E-state index contributed by atoms with van der Waals surface area (Å²) < 4.78 is 10.2. The smallest absolute Gasteiger partial charge is 0.341 e. The molecular formula is C14H19NO5. The van der Waals surface area contributed by atoms with Crippen LogP contribution in [0.1, 0.15) is 19.8 Å². The van der Waals surface area contributed by atoms with Crippen LogP contribution < -0.4 is 10.1 Å². The first-order chi connectivity index (χ1) is 9.61. The molecule has 0 atom stereocenters. The number of carboxylic acid groups (broad SMARTS) is 1. The van der Waals surface area contributed by atoms with E-state index in [1.165, 1.54) is 0 Å². The van der Waals surface area contributed by atoms with Crippen LogP contribution in [0.15, 0.2) is 24.3 Å². The molecule has 20 heavy (non-hydrogen) atoms. The number of anilines is 1. The average Bonchev–Trinajstić information content (AvgIpc) is 2.43. The fraction of sp³-hybridized carbons (Fsp3) is 0.429. The summed E-state index contributed by atoms with van der Waals surface area (Å²) in [5, 5.41) is 11.1. The second-order valence-electron chi connectivity index (χ2n) is 4.16. The van der Waals surface area contributed by atoms with E-state index in [2.05, 4.69) is 12.2 Å². The van der Waals surface area contributed by atoms with Crippen molar-refractivity contribution < 1.29 is 24.2 Å². The molecule has 1 amide bonds. The van der Waals surface area contributed by atoms with Crippen LogP contribution in [0.5, 0.6) is 5.75 Å². The highest BCUT2D eigenvalue weighted by Gasteiger charge is 2.03. The Labute approximate surface area is 117 Å². The number of nitrogens with one attached hydrogen (secondary N) is 1. The Morgan fingerprint density at radius 1 is 1.20 bits per heavy atom. The Balaban J connectivity index is 2.33. The van der Waals surface area contributed by atoms with Gasteiger partial charge in [-0.2, -0.15) is 0 Å². The minimum atomic E-state index is -1.04. The lowest BCUT2D eigenvalue weighted by Crippen LogP contribution is -2.18. The number of unbranched alkanes of at least 4 members (excludes halogenated alkanes) is 1. The molecule has 6 heteroatoms. The third kappa shape index (κ3) is 6.75. The molecule has 0 spiro atoms. The lowest BCUT2D eigenvalue weighted by atomic mass is 10.3. The van der Waals surface area contributed by atoms with Crippen LogP contribution in [0.2, 0.25) is 0 Å². The molecule has 1 aromatic rings. The topological polar surface area (TPSA) is 84.9 Å². The van der Waals surface area contributed by atoms with Crippen molar-refractivity contribution in [3.05, 3.63) is 24.3 Å². The Morgan fingerprint density at radius 2 is 1.90 bits per heavy atom. The third-order valence-electron chi connectivity index (χ3n) is 2.38. The van der Waals surface area contributed by atoms with Gasteiger partial charge in [-0.25, -0.2) is 4.79 Å². The van der Waals surface area contributed by atoms with Gasteiger partial charge in [0.1, 0.15) is 12.4 Å². The zero-order valence-electron chi connectivity index (χ0n) is 11.4. The first-order valence-electron chi connectivity index (χ1n) is 6.44. The molecule has 2 N–H and O–H groups in total. The number of hydrogen-bond donors (Lipinski definition) is 2. The summed E-state index contributed by atoms with van der Waals surface area (Å²) in [6.07, 6.45) is 1.96. The Kier molecular flexibility index (Phi) is 7.13. The molecule has 0 unspecified atom stereocenters. The summed E-state index contributed by atoms with van der Waals surface area (Å²) in [4.78, 5) is 21.9. The number of carboxylic acids is 1. The van der Waals surface area contributed by atoms with Crippen LogP contribution in [-0.2, 0) is 14.3 Å². The molecule has 0 saturated heterocycles. The minimum Gasteiger partial charge on any atom is -0.482 e. The first-order valence-corrected chi connectivity index (χ1v) is 6.44. The van der Waals surface area contributed by atoms with Crippen LogP contribution in [-0.4, -0.2) is 36.8 Å². The van der Waals surface area contributed by atoms with Gasteiger partial charge in [0.25, 0.3) is 0 Å². The fourth-order valence-electron chi connectivity index (χ4n) is 1.39. The van der Waals surface area contributed by atoms with E-state index >= 15 is 0 Å². The predicted molar refractivity (Wildman–Crippen MR) is 73.9 cm³/mol. The molecule has 110 valence electrons. The number of amides is 1.